The second-order valence-corrected chi connectivity index (χ2v) is 7.27. The van der Waals surface area contributed by atoms with E-state index in [1.807, 2.05) is 36.0 Å². The van der Waals surface area contributed by atoms with Crippen molar-refractivity contribution >= 4 is 29.3 Å². The molecule has 6 heteroatoms. The normalized spacial score (nSPS) is 15.2. The highest BCUT2D eigenvalue weighted by atomic mass is 32.2. The van der Waals surface area contributed by atoms with Gasteiger partial charge in [-0.25, -0.2) is 4.99 Å². The van der Waals surface area contributed by atoms with Crippen molar-refractivity contribution in [3.8, 4) is 0 Å². The summed E-state index contributed by atoms with van der Waals surface area (Å²) in [6.45, 7) is 4.37. The molecule has 5 nitrogen and oxygen atoms in total. The Bertz CT molecular complexity index is 570. The van der Waals surface area contributed by atoms with Crippen LogP contribution in [0.3, 0.4) is 0 Å². The lowest BCUT2D eigenvalue weighted by molar-refractivity contribution is -0.119. The number of amides is 1. The van der Waals surface area contributed by atoms with Crippen LogP contribution in [0.5, 0.6) is 0 Å². The van der Waals surface area contributed by atoms with Crippen molar-refractivity contribution in [1.82, 2.24) is 10.6 Å². The summed E-state index contributed by atoms with van der Waals surface area (Å²) in [6, 6.07) is 7.98. The number of rotatable bonds is 8. The first-order valence-corrected chi connectivity index (χ1v) is 10.5. The molecule has 1 fully saturated rings. The fraction of sp³-hybridized carbons (Fsp3) is 0.579. The first kappa shape index (κ1) is 19.6. The Hall–Kier alpha value is -1.69. The second kappa shape index (κ2) is 11.0. The SMILES string of the molecule is CCNC(=NCc1cccc(NC(=O)C2CCCC2)c1)NCCSC. The van der Waals surface area contributed by atoms with Crippen LogP contribution in [-0.4, -0.2) is 37.0 Å². The molecule has 1 aromatic carbocycles. The van der Waals surface area contributed by atoms with Crippen LogP contribution in [0.1, 0.15) is 38.2 Å². The zero-order valence-corrected chi connectivity index (χ0v) is 16.1. The molecule has 0 aromatic heterocycles. The summed E-state index contributed by atoms with van der Waals surface area (Å²) in [4.78, 5) is 16.9. The first-order chi connectivity index (χ1) is 12.2. The van der Waals surface area contributed by atoms with Gasteiger partial charge in [-0.1, -0.05) is 25.0 Å². The Kier molecular flexibility index (Phi) is 8.66. The van der Waals surface area contributed by atoms with Crippen LogP contribution in [0.25, 0.3) is 0 Å². The quantitative estimate of drug-likeness (QED) is 0.377. The van der Waals surface area contributed by atoms with E-state index < -0.39 is 0 Å². The largest absolute Gasteiger partial charge is 0.357 e. The predicted molar refractivity (Wildman–Crippen MR) is 108 cm³/mol. The Labute approximate surface area is 155 Å². The number of aliphatic imine (C=N–C) groups is 1. The maximum atomic E-state index is 12.3. The van der Waals surface area contributed by atoms with Gasteiger partial charge in [0, 0.05) is 30.4 Å². The third-order valence-electron chi connectivity index (χ3n) is 4.28. The van der Waals surface area contributed by atoms with Crippen molar-refractivity contribution in [2.45, 2.75) is 39.2 Å². The number of hydrogen-bond acceptors (Lipinski definition) is 3. The van der Waals surface area contributed by atoms with Gasteiger partial charge in [0.2, 0.25) is 5.91 Å². The lowest BCUT2D eigenvalue weighted by Gasteiger charge is -2.12. The van der Waals surface area contributed by atoms with Gasteiger partial charge in [-0.05, 0) is 43.7 Å². The van der Waals surface area contributed by atoms with Gasteiger partial charge < -0.3 is 16.0 Å². The van der Waals surface area contributed by atoms with E-state index in [4.69, 9.17) is 0 Å². The molecular formula is C19H30N4OS. The molecule has 0 heterocycles. The highest BCUT2D eigenvalue weighted by Gasteiger charge is 2.22. The van der Waals surface area contributed by atoms with E-state index in [1.54, 1.807) is 0 Å². The number of anilines is 1. The molecule has 0 bridgehead atoms. The first-order valence-electron chi connectivity index (χ1n) is 9.14. The summed E-state index contributed by atoms with van der Waals surface area (Å²) in [5.74, 6) is 2.22. The molecule has 0 aliphatic heterocycles. The van der Waals surface area contributed by atoms with E-state index in [2.05, 4.69) is 34.1 Å². The number of carbonyl (C=O) groups is 1. The summed E-state index contributed by atoms with van der Waals surface area (Å²) in [7, 11) is 0. The van der Waals surface area contributed by atoms with E-state index in [-0.39, 0.29) is 11.8 Å². The summed E-state index contributed by atoms with van der Waals surface area (Å²) in [5.41, 5.74) is 1.95. The van der Waals surface area contributed by atoms with Gasteiger partial charge in [0.1, 0.15) is 0 Å². The molecule has 1 saturated carbocycles. The monoisotopic (exact) mass is 362 g/mol. The van der Waals surface area contributed by atoms with Crippen LogP contribution in [-0.2, 0) is 11.3 Å². The molecule has 0 atom stereocenters. The minimum Gasteiger partial charge on any atom is -0.357 e. The minimum absolute atomic E-state index is 0.158. The van der Waals surface area contributed by atoms with E-state index in [0.29, 0.717) is 6.54 Å². The Morgan fingerprint density at radius 1 is 1.28 bits per heavy atom. The van der Waals surface area contributed by atoms with Crippen LogP contribution in [0.2, 0.25) is 0 Å². The van der Waals surface area contributed by atoms with Gasteiger partial charge in [-0.15, -0.1) is 0 Å². The maximum Gasteiger partial charge on any atom is 0.227 e. The van der Waals surface area contributed by atoms with Crippen molar-refractivity contribution in [1.29, 1.82) is 0 Å². The number of thioether (sulfide) groups is 1. The smallest absolute Gasteiger partial charge is 0.227 e. The van der Waals surface area contributed by atoms with Gasteiger partial charge in [-0.2, -0.15) is 11.8 Å². The van der Waals surface area contributed by atoms with Gasteiger partial charge in [0.15, 0.2) is 5.96 Å². The van der Waals surface area contributed by atoms with Gasteiger partial charge in [0.25, 0.3) is 0 Å². The third-order valence-corrected chi connectivity index (χ3v) is 4.90. The fourth-order valence-electron chi connectivity index (χ4n) is 2.96. The van der Waals surface area contributed by atoms with Gasteiger partial charge in [-0.3, -0.25) is 4.79 Å². The third kappa shape index (κ3) is 6.98. The second-order valence-electron chi connectivity index (χ2n) is 6.29. The number of nitrogens with zero attached hydrogens (tertiary/aromatic N) is 1. The molecule has 1 aromatic rings. The number of carbonyl (C=O) groups excluding carboxylic acids is 1. The molecular weight excluding hydrogens is 332 g/mol. The average Bonchev–Trinajstić information content (AvgIpc) is 3.15. The minimum atomic E-state index is 0.158. The maximum absolute atomic E-state index is 12.3. The average molecular weight is 363 g/mol. The number of hydrogen-bond donors (Lipinski definition) is 3. The molecule has 1 amide bonds. The molecule has 0 saturated heterocycles. The lowest BCUT2D eigenvalue weighted by atomic mass is 10.1. The number of benzene rings is 1. The summed E-state index contributed by atoms with van der Waals surface area (Å²) >= 11 is 1.81. The van der Waals surface area contributed by atoms with E-state index >= 15 is 0 Å². The molecule has 1 aliphatic rings. The highest BCUT2D eigenvalue weighted by molar-refractivity contribution is 7.98. The topological polar surface area (TPSA) is 65.5 Å². The molecule has 2 rings (SSSR count). The van der Waals surface area contributed by atoms with Crippen LogP contribution in [0.15, 0.2) is 29.3 Å². The van der Waals surface area contributed by atoms with E-state index in [0.717, 1.165) is 48.9 Å². The Morgan fingerprint density at radius 2 is 2.08 bits per heavy atom. The van der Waals surface area contributed by atoms with E-state index in [9.17, 15) is 4.79 Å². The highest BCUT2D eigenvalue weighted by Crippen LogP contribution is 2.26. The standard InChI is InChI=1S/C19H30N4OS/c1-3-20-19(21-11-12-25-2)22-14-15-7-6-10-17(13-15)23-18(24)16-8-4-5-9-16/h6-7,10,13,16H,3-5,8-9,11-12,14H2,1-2H3,(H,23,24)(H2,20,21,22). The molecule has 0 spiro atoms. The van der Waals surface area contributed by atoms with Crippen LogP contribution >= 0.6 is 11.8 Å². The van der Waals surface area contributed by atoms with Crippen LogP contribution < -0.4 is 16.0 Å². The zero-order chi connectivity index (χ0) is 17.9. The van der Waals surface area contributed by atoms with Crippen molar-refractivity contribution in [3.63, 3.8) is 0 Å². The fourth-order valence-corrected chi connectivity index (χ4v) is 3.27. The van der Waals surface area contributed by atoms with E-state index in [1.165, 1.54) is 12.8 Å². The predicted octanol–water partition coefficient (Wildman–Crippen LogP) is 3.23. The Morgan fingerprint density at radius 3 is 2.80 bits per heavy atom. The molecule has 0 radical (unpaired) electrons. The molecule has 1 aliphatic carbocycles. The molecule has 25 heavy (non-hydrogen) atoms. The van der Waals surface area contributed by atoms with Crippen molar-refractivity contribution < 1.29 is 4.79 Å². The van der Waals surface area contributed by atoms with Crippen molar-refractivity contribution in [3.05, 3.63) is 29.8 Å². The number of nitrogens with one attached hydrogen (secondary N) is 3. The summed E-state index contributed by atoms with van der Waals surface area (Å²) in [5, 5.41) is 9.64. The van der Waals surface area contributed by atoms with Gasteiger partial charge in [0.05, 0.1) is 6.54 Å². The van der Waals surface area contributed by atoms with Crippen LogP contribution in [0.4, 0.5) is 5.69 Å². The Balaban J connectivity index is 1.92. The lowest BCUT2D eigenvalue weighted by Crippen LogP contribution is -2.38. The van der Waals surface area contributed by atoms with Gasteiger partial charge >= 0.3 is 0 Å². The molecule has 138 valence electrons. The zero-order valence-electron chi connectivity index (χ0n) is 15.3. The number of guanidine groups is 1. The summed E-state index contributed by atoms with van der Waals surface area (Å²) < 4.78 is 0. The molecule has 3 N–H and O–H groups in total. The molecule has 0 unspecified atom stereocenters. The summed E-state index contributed by atoms with van der Waals surface area (Å²) in [6.07, 6.45) is 6.47. The van der Waals surface area contributed by atoms with Crippen molar-refractivity contribution in [2.24, 2.45) is 10.9 Å². The van der Waals surface area contributed by atoms with Crippen LogP contribution in [0, 0.1) is 5.92 Å². The van der Waals surface area contributed by atoms with Crippen molar-refractivity contribution in [2.75, 3.05) is 30.4 Å².